The standard InChI is InChI=1S/2CH4.H8Si3/c;;1-3-2/h2*1H4;3H2,1-2H3. The molecule has 0 atom stereocenters. The molecule has 0 aromatic carbocycles. The molecule has 3 heteroatoms. The van der Waals surface area contributed by atoms with Gasteiger partial charge in [-0.15, -0.1) is 0 Å². The van der Waals surface area contributed by atoms with Crippen molar-refractivity contribution in [2.45, 2.75) is 14.9 Å². The van der Waals surface area contributed by atoms with E-state index < -0.39 is 0 Å². The topological polar surface area (TPSA) is 0 Å². The Kier molecular flexibility index (Phi) is 79.1. The van der Waals surface area contributed by atoms with E-state index in [0.717, 1.165) is 0 Å². The zero-order valence-corrected chi connectivity index (χ0v) is 8.12. The summed E-state index contributed by atoms with van der Waals surface area (Å²) in [7, 11) is 3.83. The van der Waals surface area contributed by atoms with Crippen molar-refractivity contribution in [2.24, 2.45) is 0 Å². The van der Waals surface area contributed by atoms with E-state index in [1.54, 1.807) is 19.5 Å². The highest BCUT2D eigenvalue weighted by Gasteiger charge is 1.40. The van der Waals surface area contributed by atoms with Gasteiger partial charge in [0.2, 0.25) is 0 Å². The summed E-state index contributed by atoms with van der Waals surface area (Å²) in [5.74, 6) is 0. The largest absolute Gasteiger partial charge is 0.0776 e. The van der Waals surface area contributed by atoms with Gasteiger partial charge in [0.15, 0.2) is 0 Å². The Morgan fingerprint density at radius 1 is 1.00 bits per heavy atom. The average molecular weight is 124 g/mol. The fraction of sp³-hybridized carbons (Fsp3) is 1.00. The third-order valence-corrected chi connectivity index (χ3v) is 0. The minimum absolute atomic E-state index is 0. The van der Waals surface area contributed by atoms with Crippen LogP contribution in [0.5, 0.6) is 0 Å². The summed E-state index contributed by atoms with van der Waals surface area (Å²) in [5.41, 5.74) is 0. The number of hydrogen-bond acceptors (Lipinski definition) is 0. The molecule has 0 N–H and O–H groups in total. The number of rotatable bonds is 0. The average Bonchev–Trinajstić information content (AvgIpc) is 0.918. The SMILES string of the molecule is C.C.[SiH3][SiH2][SiH3]. The van der Waals surface area contributed by atoms with Crippen molar-refractivity contribution in [3.63, 3.8) is 0 Å². The van der Waals surface area contributed by atoms with Crippen LogP contribution in [0.1, 0.15) is 14.9 Å². The zero-order valence-electron chi connectivity index (χ0n) is 2.71. The Hall–Kier alpha value is 0.651. The molecule has 0 saturated carbocycles. The molecule has 0 aliphatic carbocycles. The maximum atomic E-state index is 1.57. The van der Waals surface area contributed by atoms with Crippen molar-refractivity contribution in [3.8, 4) is 0 Å². The van der Waals surface area contributed by atoms with Gasteiger partial charge in [0.25, 0.3) is 0 Å². The van der Waals surface area contributed by atoms with Crippen LogP contribution in [0, 0.1) is 0 Å². The predicted octanol–water partition coefficient (Wildman–Crippen LogP) is -2.01. The van der Waals surface area contributed by atoms with Crippen LogP contribution in [0.2, 0.25) is 0 Å². The summed E-state index contributed by atoms with van der Waals surface area (Å²) in [4.78, 5) is 0. The lowest BCUT2D eigenvalue weighted by atomic mass is 12.0. The molecule has 0 bridgehead atoms. The van der Waals surface area contributed by atoms with Crippen LogP contribution < -0.4 is 0 Å². The van der Waals surface area contributed by atoms with Crippen LogP contribution in [0.15, 0.2) is 0 Å². The minimum Gasteiger partial charge on any atom is -0.0776 e. The van der Waals surface area contributed by atoms with Gasteiger partial charge in [-0.3, -0.25) is 0 Å². The Morgan fingerprint density at radius 3 is 1.00 bits per heavy atom. The van der Waals surface area contributed by atoms with Crippen LogP contribution >= 0.6 is 0 Å². The Morgan fingerprint density at radius 2 is 1.00 bits per heavy atom. The van der Waals surface area contributed by atoms with Gasteiger partial charge in [-0.1, -0.05) is 14.9 Å². The summed E-state index contributed by atoms with van der Waals surface area (Å²) in [6.07, 6.45) is 0. The lowest BCUT2D eigenvalue weighted by Crippen LogP contribution is -1.79. The van der Waals surface area contributed by atoms with Gasteiger partial charge in [0.05, 0.1) is 0 Å². The maximum Gasteiger partial charge on any atom is -0.0104 e. The maximum absolute atomic E-state index is 1.57. The first-order valence-electron chi connectivity index (χ1n) is 1.41. The van der Waals surface area contributed by atoms with Crippen molar-refractivity contribution in [2.75, 3.05) is 0 Å². The van der Waals surface area contributed by atoms with Crippen LogP contribution in [-0.4, -0.2) is 28.1 Å². The van der Waals surface area contributed by atoms with E-state index in [-0.39, 0.29) is 14.9 Å². The Bertz CT molecular complexity index is 4.85. The first-order chi connectivity index (χ1) is 1.41. The second-order valence-electron chi connectivity index (χ2n) is 0.707. The van der Waals surface area contributed by atoms with E-state index in [1.807, 2.05) is 0 Å². The predicted molar refractivity (Wildman–Crippen MR) is 41.9 cm³/mol. The van der Waals surface area contributed by atoms with Gasteiger partial charge in [-0.25, -0.2) is 0 Å². The van der Waals surface area contributed by atoms with Crippen LogP contribution in [0.4, 0.5) is 0 Å². The Balaban J connectivity index is -0.0000000200. The van der Waals surface area contributed by atoms with Gasteiger partial charge >= 0.3 is 0 Å². The summed E-state index contributed by atoms with van der Waals surface area (Å²) < 4.78 is 0. The molecule has 0 aliphatic heterocycles. The van der Waals surface area contributed by atoms with Crippen LogP contribution in [-0.2, 0) is 0 Å². The molecule has 0 radical (unpaired) electrons. The monoisotopic (exact) mass is 124 g/mol. The molecule has 0 heterocycles. The lowest BCUT2D eigenvalue weighted by Gasteiger charge is -1.42. The second-order valence-corrected chi connectivity index (χ2v) is 19.1. The molecule has 0 nitrogen and oxygen atoms in total. The summed E-state index contributed by atoms with van der Waals surface area (Å²) in [5, 5.41) is 0. The highest BCUT2D eigenvalue weighted by molar-refractivity contribution is 7.17. The molecule has 0 saturated heterocycles. The third kappa shape index (κ3) is 77.2. The van der Waals surface area contributed by atoms with Crippen molar-refractivity contribution >= 4 is 28.1 Å². The molecule has 0 aromatic rings. The van der Waals surface area contributed by atoms with E-state index in [9.17, 15) is 0 Å². The molecule has 0 amide bonds. The molecule has 0 spiro atoms. The minimum atomic E-state index is 0. The highest BCUT2D eigenvalue weighted by Crippen LogP contribution is 1.03. The van der Waals surface area contributed by atoms with E-state index >= 15 is 0 Å². The van der Waals surface area contributed by atoms with E-state index in [4.69, 9.17) is 0 Å². The molecule has 0 aromatic heterocycles. The van der Waals surface area contributed by atoms with Crippen molar-refractivity contribution in [1.82, 2.24) is 0 Å². The van der Waals surface area contributed by atoms with Gasteiger partial charge in [-0.2, -0.15) is 0 Å². The first kappa shape index (κ1) is 17.4. The molecular weight excluding hydrogens is 108 g/mol. The normalized spacial score (nSPS) is 7.20. The molecular formula is C2H16Si3. The molecule has 5 heavy (non-hydrogen) atoms. The quantitative estimate of drug-likeness (QED) is 0.327. The van der Waals surface area contributed by atoms with Gasteiger partial charge < -0.3 is 0 Å². The van der Waals surface area contributed by atoms with Crippen molar-refractivity contribution in [1.29, 1.82) is 0 Å². The third-order valence-electron chi connectivity index (χ3n) is 0. The lowest BCUT2D eigenvalue weighted by molar-refractivity contribution is 2.50. The first-order valence-corrected chi connectivity index (χ1v) is 12.7. The van der Waals surface area contributed by atoms with E-state index in [1.165, 1.54) is 0 Å². The van der Waals surface area contributed by atoms with E-state index in [2.05, 4.69) is 0 Å². The zero-order chi connectivity index (χ0) is 2.71. The summed E-state index contributed by atoms with van der Waals surface area (Å²) in [6, 6.07) is 0. The van der Waals surface area contributed by atoms with Gasteiger partial charge in [-0.05, 0) is 28.1 Å². The summed E-state index contributed by atoms with van der Waals surface area (Å²) in [6.45, 7) is 0. The molecule has 0 fully saturated rings. The van der Waals surface area contributed by atoms with Crippen molar-refractivity contribution < 1.29 is 0 Å². The molecule has 0 rings (SSSR count). The van der Waals surface area contributed by atoms with Gasteiger partial charge in [0, 0.05) is 0 Å². The molecule has 0 unspecified atom stereocenters. The van der Waals surface area contributed by atoms with Crippen LogP contribution in [0.3, 0.4) is 0 Å². The fourth-order valence-corrected chi connectivity index (χ4v) is 0. The van der Waals surface area contributed by atoms with Crippen LogP contribution in [0.25, 0.3) is 0 Å². The Labute approximate surface area is 43.6 Å². The molecule has 36 valence electrons. The second kappa shape index (κ2) is 22.7. The smallest absolute Gasteiger partial charge is 0.0104 e. The summed E-state index contributed by atoms with van der Waals surface area (Å²) >= 11 is 0. The molecule has 0 aliphatic rings. The van der Waals surface area contributed by atoms with E-state index in [0.29, 0.717) is 8.55 Å². The van der Waals surface area contributed by atoms with Gasteiger partial charge in [0.1, 0.15) is 0 Å². The highest BCUT2D eigenvalue weighted by atomic mass is 29.5. The number of hydrogen-bond donors (Lipinski definition) is 0. The fourth-order valence-electron chi connectivity index (χ4n) is 0. The van der Waals surface area contributed by atoms with Crippen molar-refractivity contribution in [3.05, 3.63) is 0 Å².